The van der Waals surface area contributed by atoms with Crippen LogP contribution in [0.5, 0.6) is 0 Å². The molecule has 2 N–H and O–H groups in total. The summed E-state index contributed by atoms with van der Waals surface area (Å²) >= 11 is 0. The minimum Gasteiger partial charge on any atom is -0.396 e. The SMILES string of the molecule is Nc1cccnc1S(=O)CCC1CCCO1. The van der Waals surface area contributed by atoms with Crippen LogP contribution in [0.1, 0.15) is 19.3 Å². The Bertz CT molecular complexity index is 378. The van der Waals surface area contributed by atoms with Crippen molar-refractivity contribution in [2.45, 2.75) is 30.4 Å². The molecule has 2 rings (SSSR count). The number of pyridine rings is 1. The lowest BCUT2D eigenvalue weighted by Gasteiger charge is -2.09. The van der Waals surface area contributed by atoms with Crippen LogP contribution in [0, 0.1) is 0 Å². The molecule has 0 saturated carbocycles. The summed E-state index contributed by atoms with van der Waals surface area (Å²) in [6, 6.07) is 3.47. The van der Waals surface area contributed by atoms with Crippen molar-refractivity contribution in [1.82, 2.24) is 4.98 Å². The zero-order chi connectivity index (χ0) is 11.4. The van der Waals surface area contributed by atoms with Crippen molar-refractivity contribution in [3.05, 3.63) is 18.3 Å². The van der Waals surface area contributed by atoms with Crippen molar-refractivity contribution in [2.24, 2.45) is 0 Å². The molecule has 0 radical (unpaired) electrons. The molecule has 16 heavy (non-hydrogen) atoms. The predicted octanol–water partition coefficient (Wildman–Crippen LogP) is 1.34. The molecule has 4 nitrogen and oxygen atoms in total. The lowest BCUT2D eigenvalue weighted by atomic mass is 10.2. The van der Waals surface area contributed by atoms with Crippen molar-refractivity contribution < 1.29 is 8.95 Å². The van der Waals surface area contributed by atoms with E-state index in [-0.39, 0.29) is 6.10 Å². The quantitative estimate of drug-likeness (QED) is 0.862. The Morgan fingerprint density at radius 3 is 3.19 bits per heavy atom. The molecule has 0 amide bonds. The molecule has 0 aliphatic carbocycles. The van der Waals surface area contributed by atoms with Gasteiger partial charge in [0.2, 0.25) is 0 Å². The van der Waals surface area contributed by atoms with Gasteiger partial charge in [0.25, 0.3) is 0 Å². The van der Waals surface area contributed by atoms with Gasteiger partial charge in [-0.2, -0.15) is 0 Å². The van der Waals surface area contributed by atoms with E-state index in [2.05, 4.69) is 4.98 Å². The van der Waals surface area contributed by atoms with E-state index in [4.69, 9.17) is 10.5 Å². The van der Waals surface area contributed by atoms with Gasteiger partial charge in [-0.05, 0) is 31.4 Å². The zero-order valence-electron chi connectivity index (χ0n) is 9.09. The lowest BCUT2D eigenvalue weighted by molar-refractivity contribution is 0.109. The molecule has 1 aromatic rings. The maximum atomic E-state index is 11.9. The highest BCUT2D eigenvalue weighted by Crippen LogP contribution is 2.18. The second-order valence-electron chi connectivity index (χ2n) is 3.87. The fourth-order valence-electron chi connectivity index (χ4n) is 1.80. The first kappa shape index (κ1) is 11.5. The van der Waals surface area contributed by atoms with Gasteiger partial charge in [-0.1, -0.05) is 0 Å². The molecule has 1 fully saturated rings. The van der Waals surface area contributed by atoms with E-state index in [1.807, 2.05) is 0 Å². The minimum absolute atomic E-state index is 0.272. The Kier molecular flexibility index (Phi) is 3.90. The second kappa shape index (κ2) is 5.41. The van der Waals surface area contributed by atoms with Gasteiger partial charge in [0.1, 0.15) is 5.03 Å². The Balaban J connectivity index is 1.90. The summed E-state index contributed by atoms with van der Waals surface area (Å²) in [4.78, 5) is 4.06. The summed E-state index contributed by atoms with van der Waals surface area (Å²) in [5.74, 6) is 0.575. The molecule has 1 aliphatic heterocycles. The zero-order valence-corrected chi connectivity index (χ0v) is 9.91. The molecular formula is C11H16N2O2S. The van der Waals surface area contributed by atoms with Crippen molar-refractivity contribution in [3.63, 3.8) is 0 Å². The Morgan fingerprint density at radius 2 is 2.50 bits per heavy atom. The van der Waals surface area contributed by atoms with E-state index in [1.54, 1.807) is 18.3 Å². The Hall–Kier alpha value is -0.940. The van der Waals surface area contributed by atoms with Crippen LogP contribution in [0.15, 0.2) is 23.4 Å². The van der Waals surface area contributed by atoms with Crippen LogP contribution in [-0.4, -0.2) is 27.7 Å². The molecule has 2 atom stereocenters. The van der Waals surface area contributed by atoms with E-state index >= 15 is 0 Å². The first-order chi connectivity index (χ1) is 7.77. The smallest absolute Gasteiger partial charge is 0.150 e. The van der Waals surface area contributed by atoms with Gasteiger partial charge in [-0.15, -0.1) is 0 Å². The normalized spacial score (nSPS) is 22.1. The summed E-state index contributed by atoms with van der Waals surface area (Å²) in [5.41, 5.74) is 6.23. The van der Waals surface area contributed by atoms with Gasteiger partial charge >= 0.3 is 0 Å². The van der Waals surface area contributed by atoms with Crippen LogP contribution in [0.4, 0.5) is 5.69 Å². The minimum atomic E-state index is -1.11. The fraction of sp³-hybridized carbons (Fsp3) is 0.545. The highest BCUT2D eigenvalue weighted by atomic mass is 32.2. The predicted molar refractivity (Wildman–Crippen MR) is 63.5 cm³/mol. The molecular weight excluding hydrogens is 224 g/mol. The highest BCUT2D eigenvalue weighted by Gasteiger charge is 2.17. The number of nitrogens with zero attached hydrogens (tertiary/aromatic N) is 1. The second-order valence-corrected chi connectivity index (χ2v) is 5.36. The molecule has 1 aliphatic rings. The van der Waals surface area contributed by atoms with E-state index in [9.17, 15) is 4.21 Å². The third-order valence-electron chi connectivity index (χ3n) is 2.67. The van der Waals surface area contributed by atoms with Gasteiger partial charge < -0.3 is 10.5 Å². The van der Waals surface area contributed by atoms with Crippen LogP contribution in [-0.2, 0) is 15.5 Å². The van der Waals surface area contributed by atoms with Crippen molar-refractivity contribution >= 4 is 16.5 Å². The summed E-state index contributed by atoms with van der Waals surface area (Å²) in [7, 11) is -1.11. The van der Waals surface area contributed by atoms with Gasteiger partial charge in [0, 0.05) is 18.6 Å². The molecule has 88 valence electrons. The molecule has 1 saturated heterocycles. The number of ether oxygens (including phenoxy) is 1. The van der Waals surface area contributed by atoms with Crippen LogP contribution in [0.2, 0.25) is 0 Å². The largest absolute Gasteiger partial charge is 0.396 e. The van der Waals surface area contributed by atoms with Gasteiger partial charge in [0.05, 0.1) is 22.6 Å². The van der Waals surface area contributed by atoms with Crippen molar-refractivity contribution in [3.8, 4) is 0 Å². The molecule has 5 heteroatoms. The third kappa shape index (κ3) is 2.80. The topological polar surface area (TPSA) is 65.2 Å². The lowest BCUT2D eigenvalue weighted by Crippen LogP contribution is -2.12. The van der Waals surface area contributed by atoms with Crippen molar-refractivity contribution in [2.75, 3.05) is 18.1 Å². The molecule has 2 unspecified atom stereocenters. The highest BCUT2D eigenvalue weighted by molar-refractivity contribution is 7.85. The number of nitrogens with two attached hydrogens (primary N) is 1. The van der Waals surface area contributed by atoms with Crippen LogP contribution in [0.3, 0.4) is 0 Å². The average Bonchev–Trinajstić information content (AvgIpc) is 2.79. The van der Waals surface area contributed by atoms with Crippen LogP contribution < -0.4 is 5.73 Å². The Labute approximate surface area is 97.7 Å². The Morgan fingerprint density at radius 1 is 1.62 bits per heavy atom. The third-order valence-corrected chi connectivity index (χ3v) is 4.04. The van der Waals surface area contributed by atoms with E-state index in [0.717, 1.165) is 25.9 Å². The number of aromatic nitrogens is 1. The molecule has 2 heterocycles. The van der Waals surface area contributed by atoms with E-state index in [1.165, 1.54) is 0 Å². The molecule has 0 aromatic carbocycles. The number of anilines is 1. The summed E-state index contributed by atoms with van der Waals surface area (Å²) in [6.07, 6.45) is 4.91. The van der Waals surface area contributed by atoms with E-state index < -0.39 is 10.8 Å². The maximum Gasteiger partial charge on any atom is 0.150 e. The standard InChI is InChI=1S/C11H16N2O2S/c12-10-4-1-6-13-11(10)16(14)8-5-9-3-2-7-15-9/h1,4,6,9H,2-3,5,7-8,12H2. The monoisotopic (exact) mass is 240 g/mol. The van der Waals surface area contributed by atoms with Gasteiger partial charge in [-0.25, -0.2) is 4.98 Å². The first-order valence-corrected chi connectivity index (χ1v) is 6.80. The maximum absolute atomic E-state index is 11.9. The number of hydrogen-bond donors (Lipinski definition) is 1. The van der Waals surface area contributed by atoms with Gasteiger partial charge in [0.15, 0.2) is 0 Å². The fourth-order valence-corrected chi connectivity index (χ4v) is 2.98. The number of hydrogen-bond acceptors (Lipinski definition) is 4. The molecule has 0 bridgehead atoms. The van der Waals surface area contributed by atoms with Crippen LogP contribution in [0.25, 0.3) is 0 Å². The average molecular weight is 240 g/mol. The van der Waals surface area contributed by atoms with Crippen LogP contribution >= 0.6 is 0 Å². The van der Waals surface area contributed by atoms with E-state index in [0.29, 0.717) is 16.5 Å². The first-order valence-electron chi connectivity index (χ1n) is 5.48. The summed E-state index contributed by atoms with van der Waals surface area (Å²) in [6.45, 7) is 0.836. The van der Waals surface area contributed by atoms with Gasteiger partial charge in [-0.3, -0.25) is 4.21 Å². The number of nitrogen functional groups attached to an aromatic ring is 1. The summed E-state index contributed by atoms with van der Waals surface area (Å²) in [5, 5.41) is 0.500. The summed E-state index contributed by atoms with van der Waals surface area (Å²) < 4.78 is 17.4. The van der Waals surface area contributed by atoms with Crippen molar-refractivity contribution in [1.29, 1.82) is 0 Å². The number of rotatable bonds is 4. The molecule has 1 aromatic heterocycles. The molecule has 0 spiro atoms.